The summed E-state index contributed by atoms with van der Waals surface area (Å²) < 4.78 is 284. The van der Waals surface area contributed by atoms with E-state index in [9.17, 15) is 15.3 Å². The number of aromatic carboxylic acids is 3. The van der Waals surface area contributed by atoms with Crippen LogP contribution in [0.1, 0.15) is 127 Å². The highest BCUT2D eigenvalue weighted by atomic mass is 32.1. The van der Waals surface area contributed by atoms with Crippen LogP contribution in [-0.2, 0) is 81.9 Å². The molecule has 0 unspecified atom stereocenters. The van der Waals surface area contributed by atoms with Crippen LogP contribution in [-0.4, -0.2) is 138 Å². The molecule has 45 heteroatoms. The maximum absolute atomic E-state index is 17.6. The Morgan fingerprint density at radius 2 is 0.503 bits per heavy atom. The molecule has 0 spiro atoms. The van der Waals surface area contributed by atoms with Gasteiger partial charge in [0.25, 0.3) is 17.7 Å². The number of halogens is 15. The second kappa shape index (κ2) is 47.2. The quantitative estimate of drug-likeness (QED) is 0.00251. The third-order valence-corrected chi connectivity index (χ3v) is 22.1. The van der Waals surface area contributed by atoms with Crippen LogP contribution in [0.4, 0.5) is 117 Å². The highest BCUT2D eigenvalue weighted by Gasteiger charge is 2.61. The van der Waals surface area contributed by atoms with Crippen molar-refractivity contribution >= 4 is 157 Å². The van der Waals surface area contributed by atoms with E-state index in [1.54, 1.807) is 16.0 Å². The van der Waals surface area contributed by atoms with Gasteiger partial charge >= 0.3 is 35.8 Å². The summed E-state index contributed by atoms with van der Waals surface area (Å²) in [4.78, 5) is 151. The number of hydrogen-bond acceptors (Lipinski definition) is 24. The summed E-state index contributed by atoms with van der Waals surface area (Å²) >= 11 is 14.7. The largest absolute Gasteiger partial charge is 0.490 e. The van der Waals surface area contributed by atoms with Crippen LogP contribution < -0.4 is 62.1 Å². The number of carbonyl (C=O) groups is 9. The number of esters is 3. The van der Waals surface area contributed by atoms with E-state index < -0.39 is 298 Å². The first-order valence-corrected chi connectivity index (χ1v) is 45.0. The molecule has 774 valence electrons. The van der Waals surface area contributed by atoms with Crippen LogP contribution in [0.5, 0.6) is 17.2 Å². The molecule has 3 atom stereocenters. The molecule has 10 rings (SSSR count). The summed E-state index contributed by atoms with van der Waals surface area (Å²) in [7, 11) is 0. The number of amides is 3. The number of nitrogens with two attached hydrogens (primary N) is 3. The van der Waals surface area contributed by atoms with Gasteiger partial charge in [-0.25, -0.2) is 94.6 Å². The van der Waals surface area contributed by atoms with Crippen molar-refractivity contribution in [3.8, 4) is 17.2 Å². The van der Waals surface area contributed by atoms with Crippen molar-refractivity contribution in [1.29, 1.82) is 0 Å². The summed E-state index contributed by atoms with van der Waals surface area (Å²) in [6.07, 6.45) is 3.20. The van der Waals surface area contributed by atoms with E-state index in [4.69, 9.17) is 82.3 Å². The lowest BCUT2D eigenvalue weighted by Crippen LogP contribution is -2.65. The van der Waals surface area contributed by atoms with E-state index in [1.165, 1.54) is 52.6 Å². The number of carboxylic acid groups (broad SMARTS) is 3. The molecule has 0 saturated carbocycles. The number of anilines is 9. The molecule has 0 fully saturated rings. The topological polar surface area (TPSA) is 394 Å². The molecule has 0 aliphatic rings. The zero-order valence-electron chi connectivity index (χ0n) is 78.8. The first-order valence-electron chi connectivity index (χ1n) is 43.6. The molecule has 12 N–H and O–H groups in total. The molecule has 0 aliphatic heterocycles. The summed E-state index contributed by atoms with van der Waals surface area (Å²) in [5.41, 5.74) is -22.5. The lowest BCUT2D eigenvalue weighted by atomic mass is 9.83. The Morgan fingerprint density at radius 3 is 0.687 bits per heavy atom. The SMILES string of the molecule is CC(C)(C)OC(=O)[C@](Cc1ccc(OCC=CC=S)cc1)(C(=O)Nc1c(F)c(F)c(F)c(F)c1F)N(c1cc(N(c2ccc(CN)cc2C(=O)O)[C@@](Cc2ccc(OCC=CC=S)cc2)(C(=O)Nc2c(F)c(F)c(F)c(F)c2F)C(=O)OC(C)(C)C)cc(N(c2ccc(CN)cc2C(=O)O)[C@@](Cc2ccc(OCC=CC=S)cc2)(C(=O)Nc2c(F)c(F)c(F)c(F)c2F)C(=O)OC(C)(C)C)c1)c1ccc(CN)cc1C(=O)O. The molecule has 10 aromatic carbocycles. The molecule has 147 heavy (non-hydrogen) atoms. The van der Waals surface area contributed by atoms with Crippen LogP contribution in [0.25, 0.3) is 0 Å². The lowest BCUT2D eigenvalue weighted by Gasteiger charge is -2.47. The number of nitrogens with zero attached hydrogens (tertiary/aromatic N) is 3. The Labute approximate surface area is 844 Å². The number of hydrogen-bond donors (Lipinski definition) is 9. The fraction of sp³-hybridized carbons (Fsp3) is 0.235. The van der Waals surface area contributed by atoms with Gasteiger partial charge in [-0.1, -0.05) is 109 Å². The molecular formula is C102H90F15N9O18S3. The minimum atomic E-state index is -4.29. The maximum atomic E-state index is 17.6. The molecule has 0 aromatic heterocycles. The monoisotopic (exact) mass is 2110 g/mol. The van der Waals surface area contributed by atoms with Crippen molar-refractivity contribution in [2.75, 3.05) is 50.5 Å². The van der Waals surface area contributed by atoms with Crippen molar-refractivity contribution in [1.82, 2.24) is 0 Å². The van der Waals surface area contributed by atoms with Crippen LogP contribution in [0.15, 0.2) is 182 Å². The van der Waals surface area contributed by atoms with E-state index in [1.807, 2.05) is 0 Å². The summed E-state index contributed by atoms with van der Waals surface area (Å²) in [6, 6.07) is 20.9. The second-order valence-electron chi connectivity index (χ2n) is 35.2. The zero-order valence-corrected chi connectivity index (χ0v) is 81.3. The highest BCUT2D eigenvalue weighted by Crippen LogP contribution is 2.53. The predicted octanol–water partition coefficient (Wildman–Crippen LogP) is 19.3. The van der Waals surface area contributed by atoms with Crippen molar-refractivity contribution in [3.63, 3.8) is 0 Å². The Bertz CT molecular complexity index is 6190. The number of carbonyl (C=O) groups excluding carboxylic acids is 6. The first kappa shape index (κ1) is 113. The Balaban J connectivity index is 1.68. The van der Waals surface area contributed by atoms with Gasteiger partial charge in [0.2, 0.25) is 34.1 Å². The molecule has 10 aromatic rings. The van der Waals surface area contributed by atoms with Crippen LogP contribution in [0, 0.1) is 87.3 Å². The third-order valence-electron chi connectivity index (χ3n) is 21.6. The van der Waals surface area contributed by atoms with E-state index in [2.05, 4.69) is 0 Å². The number of allylic oxidation sites excluding steroid dienone is 3. The van der Waals surface area contributed by atoms with E-state index in [0.29, 0.717) is 54.6 Å². The summed E-state index contributed by atoms with van der Waals surface area (Å²) in [5.74, 6) is -64.5. The number of thiocarbonyl (C=S) groups is 3. The van der Waals surface area contributed by atoms with Gasteiger partial charge in [0, 0.05) is 72.1 Å². The molecule has 0 saturated heterocycles. The minimum absolute atomic E-state index is 0.128. The minimum Gasteiger partial charge on any atom is -0.490 e. The molecule has 0 radical (unpaired) electrons. The zero-order chi connectivity index (χ0) is 109. The predicted molar refractivity (Wildman–Crippen MR) is 522 cm³/mol. The van der Waals surface area contributed by atoms with Crippen LogP contribution in [0.3, 0.4) is 0 Å². The summed E-state index contributed by atoms with van der Waals surface area (Å²) in [6.45, 7) is 6.67. The average Bonchev–Trinajstić information content (AvgIpc) is 0.707. The average molecular weight is 2110 g/mol. The van der Waals surface area contributed by atoms with Crippen molar-refractivity contribution in [3.05, 3.63) is 319 Å². The highest BCUT2D eigenvalue weighted by molar-refractivity contribution is 7.79. The Kier molecular flexibility index (Phi) is 36.4. The van der Waals surface area contributed by atoms with E-state index >= 15 is 109 Å². The van der Waals surface area contributed by atoms with Crippen molar-refractivity contribution < 1.29 is 153 Å². The third kappa shape index (κ3) is 25.0. The molecule has 0 heterocycles. The molecule has 0 bridgehead atoms. The molecule has 3 amide bonds. The van der Waals surface area contributed by atoms with Gasteiger partial charge in [-0.05, 0) is 205 Å². The van der Waals surface area contributed by atoms with Gasteiger partial charge in [0.1, 0.15) is 70.9 Å². The standard InChI is InChI=1S/C102H90F15N9O18S3/c1-97(2,3)142-94(136)100(46-52-16-25-61(26-17-52)139-34-10-13-37-145,91(133)121-85-79(112)73(106)70(103)74(107)80(85)113)124(67-31-22-55(49-118)40-64(67)88(127)128)58-43-59(125(68-32-23-56(50-119)41-65(68)89(129)130)101(95(137)143-98(4,5)6,47-53-18-27-62(28-19-53)140-35-11-14-38-146)92(134)122-86-81(114)75(108)71(104)76(109)82(86)115)45-60(44-58)126(69-33-24-57(51-120)42-66(69)90(131)132)102(96(138)144-99(7,8)9,48-54-20-29-63(30-21-54)141-36-12-15-39-147)93(135)123-87-83(116)77(110)72(105)78(111)84(87)117/h10-33,37-45H,34-36,46-51,118-120H2,1-9H3,(H,121,133)(H,122,134)(H,123,135)(H,127,128)(H,129,130)(H,131,132)/t100-,101-,102-/m0/s1. The van der Waals surface area contributed by atoms with Gasteiger partial charge in [-0.15, -0.1) is 0 Å². The van der Waals surface area contributed by atoms with E-state index in [-0.39, 0.29) is 68.5 Å². The maximum Gasteiger partial charge on any atom is 0.343 e. The normalized spacial score (nSPS) is 12.9. The van der Waals surface area contributed by atoms with Crippen LogP contribution >= 0.6 is 36.7 Å². The van der Waals surface area contributed by atoms with Gasteiger partial charge in [0.15, 0.2) is 69.8 Å². The summed E-state index contributed by atoms with van der Waals surface area (Å²) in [5, 5.41) is 44.7. The van der Waals surface area contributed by atoms with Gasteiger partial charge in [-0.2, -0.15) is 0 Å². The van der Waals surface area contributed by atoms with E-state index in [0.717, 1.165) is 153 Å². The number of nitrogens with one attached hydrogen (secondary N) is 3. The van der Waals surface area contributed by atoms with Crippen molar-refractivity contribution in [2.45, 2.75) is 135 Å². The van der Waals surface area contributed by atoms with Crippen LogP contribution in [0.2, 0.25) is 0 Å². The Hall–Kier alpha value is -15.5. The number of rotatable bonds is 42. The number of ether oxygens (including phenoxy) is 6. The molecular weight excluding hydrogens is 2020 g/mol. The number of benzene rings is 10. The molecule has 27 nitrogen and oxygen atoms in total. The van der Waals surface area contributed by atoms with Gasteiger partial charge in [-0.3, -0.25) is 14.4 Å². The van der Waals surface area contributed by atoms with Gasteiger partial charge < -0.3 is 91.6 Å². The van der Waals surface area contributed by atoms with Crippen molar-refractivity contribution in [2.24, 2.45) is 17.2 Å². The fourth-order valence-electron chi connectivity index (χ4n) is 15.1. The smallest absolute Gasteiger partial charge is 0.343 e. The first-order chi connectivity index (χ1) is 69.1. The lowest BCUT2D eigenvalue weighted by molar-refractivity contribution is -0.164. The Morgan fingerprint density at radius 1 is 0.306 bits per heavy atom. The van der Waals surface area contributed by atoms with Gasteiger partial charge in [0.05, 0.1) is 33.8 Å². The number of carboxylic acids is 3. The fourth-order valence-corrected chi connectivity index (χ4v) is 15.4. The second-order valence-corrected chi connectivity index (χ2v) is 36.0. The molecule has 0 aliphatic carbocycles.